The summed E-state index contributed by atoms with van der Waals surface area (Å²) in [7, 11) is -3.70. The minimum Gasteiger partial charge on any atom is -0.455 e. The van der Waals surface area contributed by atoms with Crippen LogP contribution in [0.1, 0.15) is 45.1 Å². The maximum atomic E-state index is 13.1. The largest absolute Gasteiger partial charge is 0.455 e. The van der Waals surface area contributed by atoms with Crippen LogP contribution in [-0.2, 0) is 29.8 Å². The Kier molecular flexibility index (Phi) is 8.15. The summed E-state index contributed by atoms with van der Waals surface area (Å²) >= 11 is 6.19. The van der Waals surface area contributed by atoms with Crippen LogP contribution in [0.2, 0.25) is 5.02 Å². The van der Waals surface area contributed by atoms with E-state index in [0.717, 1.165) is 31.2 Å². The molecule has 0 spiro atoms. The van der Waals surface area contributed by atoms with Crippen molar-refractivity contribution in [1.29, 1.82) is 0 Å². The van der Waals surface area contributed by atoms with E-state index in [4.69, 9.17) is 16.3 Å². The van der Waals surface area contributed by atoms with Crippen molar-refractivity contribution >= 4 is 39.2 Å². The summed E-state index contributed by atoms with van der Waals surface area (Å²) in [6.45, 7) is 3.86. The first kappa shape index (κ1) is 25.2. The van der Waals surface area contributed by atoms with E-state index in [0.29, 0.717) is 13.1 Å². The molecule has 33 heavy (non-hydrogen) atoms. The van der Waals surface area contributed by atoms with Gasteiger partial charge >= 0.3 is 5.97 Å². The number of benzene rings is 2. The van der Waals surface area contributed by atoms with Crippen LogP contribution in [0.4, 0.5) is 5.69 Å². The average molecular weight is 493 g/mol. The van der Waals surface area contributed by atoms with Gasteiger partial charge in [-0.15, -0.1) is 0 Å². The van der Waals surface area contributed by atoms with Crippen LogP contribution in [0.3, 0.4) is 0 Å². The number of carbonyl (C=O) groups excluding carboxylic acids is 2. The quantitative estimate of drug-likeness (QED) is 0.579. The zero-order chi connectivity index (χ0) is 24.1. The number of nitrogens with one attached hydrogen (secondary N) is 1. The van der Waals surface area contributed by atoms with Gasteiger partial charge in [-0.05, 0) is 50.5 Å². The second-order valence-electron chi connectivity index (χ2n) is 8.58. The topological polar surface area (TPSA) is 92.8 Å². The van der Waals surface area contributed by atoms with Crippen molar-refractivity contribution in [2.24, 2.45) is 0 Å². The predicted molar refractivity (Wildman–Crippen MR) is 128 cm³/mol. The number of esters is 1. The van der Waals surface area contributed by atoms with Gasteiger partial charge in [0.05, 0.1) is 21.0 Å². The van der Waals surface area contributed by atoms with Crippen LogP contribution in [0.5, 0.6) is 0 Å². The van der Waals surface area contributed by atoms with Gasteiger partial charge in [0.15, 0.2) is 6.61 Å². The van der Waals surface area contributed by atoms with Crippen molar-refractivity contribution in [3.05, 3.63) is 59.1 Å². The minimum absolute atomic E-state index is 0.0614. The number of amides is 1. The van der Waals surface area contributed by atoms with Crippen LogP contribution in [0.15, 0.2) is 53.4 Å². The van der Waals surface area contributed by atoms with Crippen molar-refractivity contribution in [3.63, 3.8) is 0 Å². The number of sulfonamides is 1. The highest BCUT2D eigenvalue weighted by molar-refractivity contribution is 7.89. The summed E-state index contributed by atoms with van der Waals surface area (Å²) in [5, 5.41) is 2.74. The van der Waals surface area contributed by atoms with E-state index in [1.54, 1.807) is 13.8 Å². The summed E-state index contributed by atoms with van der Waals surface area (Å²) in [6.07, 6.45) is 3.66. The maximum absolute atomic E-state index is 13.1. The van der Waals surface area contributed by atoms with E-state index in [9.17, 15) is 18.0 Å². The molecule has 1 heterocycles. The van der Waals surface area contributed by atoms with Crippen molar-refractivity contribution in [2.75, 3.05) is 25.0 Å². The molecule has 0 unspecified atom stereocenters. The molecule has 1 N–H and O–H groups in total. The Balaban J connectivity index is 1.67. The van der Waals surface area contributed by atoms with E-state index in [1.165, 1.54) is 22.5 Å². The van der Waals surface area contributed by atoms with Crippen LogP contribution in [0.25, 0.3) is 0 Å². The molecule has 1 fully saturated rings. The third-order valence-corrected chi connectivity index (χ3v) is 7.98. The summed E-state index contributed by atoms with van der Waals surface area (Å²) in [5.74, 6) is -1.16. The monoisotopic (exact) mass is 492 g/mol. The van der Waals surface area contributed by atoms with Crippen molar-refractivity contribution in [3.8, 4) is 0 Å². The Morgan fingerprint density at radius 3 is 2.30 bits per heavy atom. The summed E-state index contributed by atoms with van der Waals surface area (Å²) in [4.78, 5) is 25.1. The van der Waals surface area contributed by atoms with Crippen molar-refractivity contribution < 1.29 is 22.7 Å². The Morgan fingerprint density at radius 1 is 1.03 bits per heavy atom. The maximum Gasteiger partial charge on any atom is 0.316 e. The Bertz CT molecular complexity index is 1100. The molecule has 2 aromatic rings. The number of anilines is 1. The molecule has 0 aromatic heterocycles. The Morgan fingerprint density at radius 2 is 1.67 bits per heavy atom. The van der Waals surface area contributed by atoms with Gasteiger partial charge < -0.3 is 10.1 Å². The smallest absolute Gasteiger partial charge is 0.316 e. The molecule has 0 aliphatic carbocycles. The first-order valence-corrected chi connectivity index (χ1v) is 12.8. The fourth-order valence-corrected chi connectivity index (χ4v) is 5.37. The lowest BCUT2D eigenvalue weighted by molar-refractivity contribution is -0.152. The summed E-state index contributed by atoms with van der Waals surface area (Å²) in [6, 6.07) is 13.3. The third kappa shape index (κ3) is 6.13. The zero-order valence-corrected chi connectivity index (χ0v) is 20.4. The van der Waals surface area contributed by atoms with Gasteiger partial charge in [-0.2, -0.15) is 4.31 Å². The number of hydrogen-bond acceptors (Lipinski definition) is 5. The molecule has 1 amide bonds. The molecule has 0 saturated carbocycles. The number of nitrogens with zero attached hydrogens (tertiary/aromatic N) is 1. The lowest BCUT2D eigenvalue weighted by Gasteiger charge is -2.23. The second-order valence-corrected chi connectivity index (χ2v) is 10.9. The average Bonchev–Trinajstić information content (AvgIpc) is 3.09. The summed E-state index contributed by atoms with van der Waals surface area (Å²) in [5.41, 5.74) is -0.0128. The van der Waals surface area contributed by atoms with Crippen LogP contribution in [0, 0.1) is 0 Å². The molecule has 1 aliphatic heterocycles. The summed E-state index contributed by atoms with van der Waals surface area (Å²) < 4.78 is 32.8. The molecule has 3 rings (SSSR count). The second kappa shape index (κ2) is 10.7. The standard InChI is InChI=1S/C24H29ClN2O5S/c1-24(2,18-10-6-5-7-11-18)23(29)32-17-22(28)26-21-16-19(12-13-20(21)25)33(30,31)27-14-8-3-4-9-15-27/h5-7,10-13,16H,3-4,8-9,14-15,17H2,1-2H3,(H,26,28). The minimum atomic E-state index is -3.70. The molecule has 1 saturated heterocycles. The third-order valence-electron chi connectivity index (χ3n) is 5.75. The Labute approximate surface area is 200 Å². The van der Waals surface area contributed by atoms with Crippen molar-refractivity contribution in [2.45, 2.75) is 49.8 Å². The zero-order valence-electron chi connectivity index (χ0n) is 18.8. The van der Waals surface area contributed by atoms with E-state index in [1.807, 2.05) is 30.3 Å². The predicted octanol–water partition coefficient (Wildman–Crippen LogP) is 4.36. The molecule has 2 aromatic carbocycles. The molecule has 178 valence electrons. The first-order chi connectivity index (χ1) is 15.6. The molecule has 7 nitrogen and oxygen atoms in total. The molecular weight excluding hydrogens is 464 g/mol. The van der Waals surface area contributed by atoms with Gasteiger partial charge in [0.25, 0.3) is 5.91 Å². The molecule has 1 aliphatic rings. The van der Waals surface area contributed by atoms with Crippen molar-refractivity contribution in [1.82, 2.24) is 4.31 Å². The van der Waals surface area contributed by atoms with Crippen LogP contribution in [-0.4, -0.2) is 44.3 Å². The highest BCUT2D eigenvalue weighted by Crippen LogP contribution is 2.28. The fraction of sp³-hybridized carbons (Fsp3) is 0.417. The van der Waals surface area contributed by atoms with E-state index in [-0.39, 0.29) is 15.6 Å². The van der Waals surface area contributed by atoms with Gasteiger partial charge in [0, 0.05) is 13.1 Å². The number of ether oxygens (including phenoxy) is 1. The molecule has 9 heteroatoms. The fourth-order valence-electron chi connectivity index (χ4n) is 3.66. The van der Waals surface area contributed by atoms with E-state index >= 15 is 0 Å². The van der Waals surface area contributed by atoms with Gasteiger partial charge in [0.2, 0.25) is 10.0 Å². The normalized spacial score (nSPS) is 15.5. The number of hydrogen-bond donors (Lipinski definition) is 1. The molecule has 0 radical (unpaired) electrons. The van der Waals surface area contributed by atoms with Gasteiger partial charge in [-0.25, -0.2) is 8.42 Å². The van der Waals surface area contributed by atoms with E-state index in [2.05, 4.69) is 5.32 Å². The van der Waals surface area contributed by atoms with Gasteiger partial charge in [0.1, 0.15) is 0 Å². The highest BCUT2D eigenvalue weighted by atomic mass is 35.5. The molecule has 0 bridgehead atoms. The SMILES string of the molecule is CC(C)(C(=O)OCC(=O)Nc1cc(S(=O)(=O)N2CCCCCC2)ccc1Cl)c1ccccc1. The van der Waals surface area contributed by atoms with Crippen LogP contribution >= 0.6 is 11.6 Å². The number of carbonyl (C=O) groups is 2. The van der Waals surface area contributed by atoms with Gasteiger partial charge in [-0.1, -0.05) is 54.8 Å². The lowest BCUT2D eigenvalue weighted by atomic mass is 9.85. The van der Waals surface area contributed by atoms with E-state index < -0.39 is 33.9 Å². The molecule has 0 atom stereocenters. The number of rotatable bonds is 7. The molecular formula is C24H29ClN2O5S. The Hall–Kier alpha value is -2.42. The number of halogens is 1. The lowest BCUT2D eigenvalue weighted by Crippen LogP contribution is -2.33. The van der Waals surface area contributed by atoms with Gasteiger partial charge in [-0.3, -0.25) is 9.59 Å². The highest BCUT2D eigenvalue weighted by Gasteiger charge is 2.32. The van der Waals surface area contributed by atoms with Crippen LogP contribution < -0.4 is 5.32 Å². The first-order valence-electron chi connectivity index (χ1n) is 10.9.